The van der Waals surface area contributed by atoms with Crippen molar-refractivity contribution in [1.29, 1.82) is 0 Å². The fourth-order valence-corrected chi connectivity index (χ4v) is 5.99. The van der Waals surface area contributed by atoms with E-state index in [1.165, 1.54) is 25.4 Å². The highest BCUT2D eigenvalue weighted by atomic mass is 32.2. The van der Waals surface area contributed by atoms with E-state index in [9.17, 15) is 18.3 Å². The van der Waals surface area contributed by atoms with E-state index in [0.29, 0.717) is 29.4 Å². The maximum atomic E-state index is 13.2. The van der Waals surface area contributed by atoms with E-state index in [1.807, 2.05) is 18.2 Å². The first kappa shape index (κ1) is 29.3. The number of pyridine rings is 1. The predicted molar refractivity (Wildman–Crippen MR) is 151 cm³/mol. The van der Waals surface area contributed by atoms with Gasteiger partial charge in [0.2, 0.25) is 23.1 Å². The number of carbonyl (C=O) groups is 1. The molecule has 5 rings (SSSR count). The third-order valence-electron chi connectivity index (χ3n) is 6.72. The van der Waals surface area contributed by atoms with E-state index < -0.39 is 22.2 Å². The number of methoxy groups -OCH3 is 1. The summed E-state index contributed by atoms with van der Waals surface area (Å²) in [5.41, 5.74) is 1.37. The molecule has 13 heteroatoms. The molecule has 12 nitrogen and oxygen atoms in total. The van der Waals surface area contributed by atoms with Crippen molar-refractivity contribution in [3.05, 3.63) is 84.4 Å². The van der Waals surface area contributed by atoms with Crippen LogP contribution in [-0.2, 0) is 24.3 Å². The highest BCUT2D eigenvalue weighted by Crippen LogP contribution is 2.38. The van der Waals surface area contributed by atoms with E-state index in [-0.39, 0.29) is 49.7 Å². The van der Waals surface area contributed by atoms with Gasteiger partial charge in [-0.2, -0.15) is 4.31 Å². The Labute approximate surface area is 243 Å². The standard InChI is InChI=1S/C29H31N3O9S/c1-37-23-5-7-24(8-6-23)42(35,36)32(11-13-33)12-14-38-28-17-21(20-4-9-25-26(15-20)40-19-39-25)16-27(41-28)29(34)31-22-3-2-10-30-18-22/h2-10,15-16,18,21,28,33H,11-14,17,19H2,1H3,(H,31,34)/t21-,28+/m0/s1. The number of anilines is 1. The molecule has 0 fully saturated rings. The average molecular weight is 598 g/mol. The number of aliphatic hydroxyl groups is 1. The number of hydrogen-bond donors (Lipinski definition) is 2. The maximum Gasteiger partial charge on any atom is 0.290 e. The summed E-state index contributed by atoms with van der Waals surface area (Å²) in [7, 11) is -2.43. The Morgan fingerprint density at radius 1 is 1.12 bits per heavy atom. The molecule has 0 unspecified atom stereocenters. The average Bonchev–Trinajstić information content (AvgIpc) is 3.49. The second-order valence-corrected chi connectivity index (χ2v) is 11.3. The molecular formula is C29H31N3O9S. The fourth-order valence-electron chi connectivity index (χ4n) is 4.57. The first-order chi connectivity index (χ1) is 20.4. The minimum atomic E-state index is -3.92. The van der Waals surface area contributed by atoms with Crippen LogP contribution in [0.3, 0.4) is 0 Å². The molecule has 2 aromatic carbocycles. The molecule has 0 radical (unpaired) electrons. The molecule has 0 saturated carbocycles. The van der Waals surface area contributed by atoms with Gasteiger partial charge in [-0.15, -0.1) is 0 Å². The Morgan fingerprint density at radius 2 is 1.93 bits per heavy atom. The smallest absolute Gasteiger partial charge is 0.290 e. The van der Waals surface area contributed by atoms with Gasteiger partial charge in [-0.25, -0.2) is 8.42 Å². The van der Waals surface area contributed by atoms with Crippen molar-refractivity contribution in [1.82, 2.24) is 9.29 Å². The van der Waals surface area contributed by atoms with E-state index in [0.717, 1.165) is 9.87 Å². The van der Waals surface area contributed by atoms with Gasteiger partial charge in [-0.1, -0.05) is 6.07 Å². The second-order valence-electron chi connectivity index (χ2n) is 9.40. The lowest BCUT2D eigenvalue weighted by atomic mass is 9.92. The molecule has 2 atom stereocenters. The van der Waals surface area contributed by atoms with Crippen molar-refractivity contribution in [2.75, 3.05) is 45.5 Å². The molecule has 2 N–H and O–H groups in total. The number of nitrogens with one attached hydrogen (secondary N) is 1. The summed E-state index contributed by atoms with van der Waals surface area (Å²) in [6, 6.07) is 14.9. The van der Waals surface area contributed by atoms with Gasteiger partial charge in [-0.3, -0.25) is 9.78 Å². The number of fused-ring (bicyclic) bond motifs is 1. The molecule has 0 aliphatic carbocycles. The predicted octanol–water partition coefficient (Wildman–Crippen LogP) is 2.87. The SMILES string of the molecule is COc1ccc(S(=O)(=O)N(CCO)CCO[C@H]2C[C@@H](c3ccc4c(c3)OCO4)C=C(C(=O)Nc3cccnc3)O2)cc1. The van der Waals surface area contributed by atoms with Crippen LogP contribution in [0.4, 0.5) is 5.69 Å². The van der Waals surface area contributed by atoms with Crippen LogP contribution < -0.4 is 19.5 Å². The number of hydrogen-bond acceptors (Lipinski definition) is 10. The number of rotatable bonds is 12. The van der Waals surface area contributed by atoms with Crippen LogP contribution in [0.15, 0.2) is 83.7 Å². The number of sulfonamides is 1. The van der Waals surface area contributed by atoms with Gasteiger partial charge < -0.3 is 34.1 Å². The number of aromatic nitrogens is 1. The lowest BCUT2D eigenvalue weighted by Gasteiger charge is -2.30. The summed E-state index contributed by atoms with van der Waals surface area (Å²) in [5, 5.41) is 12.3. The van der Waals surface area contributed by atoms with Crippen molar-refractivity contribution in [2.45, 2.75) is 23.5 Å². The molecule has 3 aromatic rings. The van der Waals surface area contributed by atoms with Gasteiger partial charge in [0.15, 0.2) is 17.3 Å². The zero-order valence-electron chi connectivity index (χ0n) is 22.8. The van der Waals surface area contributed by atoms with Gasteiger partial charge in [0.25, 0.3) is 5.91 Å². The topological polar surface area (TPSA) is 146 Å². The number of ether oxygens (including phenoxy) is 5. The van der Waals surface area contributed by atoms with Crippen molar-refractivity contribution in [3.63, 3.8) is 0 Å². The van der Waals surface area contributed by atoms with Gasteiger partial charge >= 0.3 is 0 Å². The molecule has 222 valence electrons. The van der Waals surface area contributed by atoms with Crippen LogP contribution >= 0.6 is 0 Å². The second kappa shape index (κ2) is 13.2. The quantitative estimate of drug-likeness (QED) is 0.320. The maximum absolute atomic E-state index is 13.2. The van der Waals surface area contributed by atoms with Crippen LogP contribution in [0.1, 0.15) is 17.9 Å². The zero-order chi connectivity index (χ0) is 29.5. The van der Waals surface area contributed by atoms with Gasteiger partial charge in [0.1, 0.15) is 5.75 Å². The van der Waals surface area contributed by atoms with Gasteiger partial charge in [0.05, 0.1) is 37.1 Å². The summed E-state index contributed by atoms with van der Waals surface area (Å²) < 4.78 is 55.6. The van der Waals surface area contributed by atoms with E-state index in [4.69, 9.17) is 23.7 Å². The first-order valence-corrected chi connectivity index (χ1v) is 14.7. The minimum Gasteiger partial charge on any atom is -0.497 e. The summed E-state index contributed by atoms with van der Waals surface area (Å²) in [6.45, 7) is -0.461. The van der Waals surface area contributed by atoms with E-state index in [2.05, 4.69) is 10.3 Å². The van der Waals surface area contributed by atoms with E-state index >= 15 is 0 Å². The molecule has 42 heavy (non-hydrogen) atoms. The molecule has 1 amide bonds. The Morgan fingerprint density at radius 3 is 2.67 bits per heavy atom. The third kappa shape index (κ3) is 6.82. The lowest BCUT2D eigenvalue weighted by Crippen LogP contribution is -2.37. The van der Waals surface area contributed by atoms with Crippen LogP contribution in [0, 0.1) is 0 Å². The molecule has 0 spiro atoms. The molecule has 2 aliphatic rings. The lowest BCUT2D eigenvalue weighted by molar-refractivity contribution is -0.143. The van der Waals surface area contributed by atoms with E-state index in [1.54, 1.807) is 36.5 Å². The largest absolute Gasteiger partial charge is 0.497 e. The molecule has 0 bridgehead atoms. The number of benzene rings is 2. The molecular weight excluding hydrogens is 566 g/mol. The number of aliphatic hydroxyl groups excluding tert-OH is 1. The summed E-state index contributed by atoms with van der Waals surface area (Å²) in [6.07, 6.45) is 4.33. The Kier molecular flexibility index (Phi) is 9.22. The summed E-state index contributed by atoms with van der Waals surface area (Å²) >= 11 is 0. The summed E-state index contributed by atoms with van der Waals surface area (Å²) in [5.74, 6) is 1.06. The van der Waals surface area contributed by atoms with Crippen LogP contribution in [-0.4, -0.2) is 75.2 Å². The van der Waals surface area contributed by atoms with Crippen molar-refractivity contribution in [2.24, 2.45) is 0 Å². The van der Waals surface area contributed by atoms with Crippen molar-refractivity contribution < 1.29 is 42.0 Å². The monoisotopic (exact) mass is 597 g/mol. The fraction of sp³-hybridized carbons (Fsp3) is 0.310. The zero-order valence-corrected chi connectivity index (χ0v) is 23.7. The number of amides is 1. The van der Waals surface area contributed by atoms with Gasteiger partial charge in [-0.05, 0) is 60.2 Å². The normalized spacial score (nSPS) is 17.8. The first-order valence-electron chi connectivity index (χ1n) is 13.2. The number of carbonyl (C=O) groups excluding carboxylic acids is 1. The Balaban J connectivity index is 1.30. The number of nitrogens with zero attached hydrogens (tertiary/aromatic N) is 2. The Bertz CT molecular complexity index is 1520. The third-order valence-corrected chi connectivity index (χ3v) is 8.63. The minimum absolute atomic E-state index is 0.0502. The van der Waals surface area contributed by atoms with Crippen LogP contribution in [0.5, 0.6) is 17.2 Å². The summed E-state index contributed by atoms with van der Waals surface area (Å²) in [4.78, 5) is 17.2. The highest BCUT2D eigenvalue weighted by molar-refractivity contribution is 7.89. The molecule has 0 saturated heterocycles. The van der Waals surface area contributed by atoms with Crippen molar-refractivity contribution in [3.8, 4) is 17.2 Å². The molecule has 3 heterocycles. The molecule has 2 aliphatic heterocycles. The van der Waals surface area contributed by atoms with Crippen LogP contribution in [0.2, 0.25) is 0 Å². The van der Waals surface area contributed by atoms with Crippen LogP contribution in [0.25, 0.3) is 0 Å². The highest BCUT2D eigenvalue weighted by Gasteiger charge is 2.31. The van der Waals surface area contributed by atoms with Crippen molar-refractivity contribution >= 4 is 21.6 Å². The number of allylic oxidation sites excluding steroid dienone is 1. The Hall–Kier alpha value is -4.17. The molecule has 1 aromatic heterocycles. The van der Waals surface area contributed by atoms with Gasteiger partial charge in [0, 0.05) is 31.6 Å².